The minimum atomic E-state index is -0.212. The van der Waals surface area contributed by atoms with Gasteiger partial charge in [0.25, 0.3) is 0 Å². The van der Waals surface area contributed by atoms with E-state index in [9.17, 15) is 9.90 Å². The lowest BCUT2D eigenvalue weighted by Gasteiger charge is -2.25. The molecule has 0 unspecified atom stereocenters. The number of carbonyl (C=O) groups is 1. The minimum absolute atomic E-state index is 0.0769. The Morgan fingerprint density at radius 2 is 2.00 bits per heavy atom. The number of rotatable bonds is 3. The summed E-state index contributed by atoms with van der Waals surface area (Å²) in [7, 11) is 0. The first-order chi connectivity index (χ1) is 10.7. The van der Waals surface area contributed by atoms with Gasteiger partial charge in [-0.3, -0.25) is 4.79 Å². The summed E-state index contributed by atoms with van der Waals surface area (Å²) in [5.74, 6) is 0.441. The van der Waals surface area contributed by atoms with Crippen LogP contribution in [0.3, 0.4) is 0 Å². The highest BCUT2D eigenvalue weighted by molar-refractivity contribution is 5.83. The third kappa shape index (κ3) is 2.18. The van der Waals surface area contributed by atoms with E-state index in [0.29, 0.717) is 12.2 Å². The highest BCUT2D eigenvalue weighted by atomic mass is 16.3. The Morgan fingerprint density at radius 1 is 1.23 bits per heavy atom. The van der Waals surface area contributed by atoms with Crippen molar-refractivity contribution in [3.8, 4) is 11.3 Å². The molecule has 1 aliphatic carbocycles. The van der Waals surface area contributed by atoms with Gasteiger partial charge in [-0.2, -0.15) is 0 Å². The highest BCUT2D eigenvalue weighted by Gasteiger charge is 2.32. The second-order valence-corrected chi connectivity index (χ2v) is 6.47. The topological polar surface area (TPSA) is 55.1 Å². The van der Waals surface area contributed by atoms with Crippen molar-refractivity contribution in [2.24, 2.45) is 5.92 Å². The lowest BCUT2D eigenvalue weighted by atomic mass is 9.82. The summed E-state index contributed by atoms with van der Waals surface area (Å²) in [6, 6.07) is 8.36. The van der Waals surface area contributed by atoms with Gasteiger partial charge < -0.3 is 9.67 Å². The Balaban J connectivity index is 1.57. The average Bonchev–Trinajstić information content (AvgIpc) is 3.11. The molecule has 0 saturated heterocycles. The number of imidazole rings is 1. The number of hydrogen-bond acceptors (Lipinski definition) is 3. The molecule has 2 aliphatic rings. The van der Waals surface area contributed by atoms with E-state index in [4.69, 9.17) is 0 Å². The van der Waals surface area contributed by atoms with Gasteiger partial charge in [-0.15, -0.1) is 0 Å². The van der Waals surface area contributed by atoms with Gasteiger partial charge in [0.05, 0.1) is 30.4 Å². The fourth-order valence-corrected chi connectivity index (χ4v) is 3.90. The van der Waals surface area contributed by atoms with Crippen LogP contribution in [0.2, 0.25) is 0 Å². The van der Waals surface area contributed by atoms with Crippen molar-refractivity contribution in [2.45, 2.75) is 44.2 Å². The summed E-state index contributed by atoms with van der Waals surface area (Å²) >= 11 is 0. The second kappa shape index (κ2) is 5.36. The van der Waals surface area contributed by atoms with Gasteiger partial charge in [-0.05, 0) is 31.2 Å². The molecular formula is C18H20N2O2. The van der Waals surface area contributed by atoms with E-state index in [2.05, 4.69) is 21.7 Å². The van der Waals surface area contributed by atoms with E-state index in [0.717, 1.165) is 31.4 Å². The van der Waals surface area contributed by atoms with Crippen molar-refractivity contribution in [1.82, 2.24) is 9.55 Å². The summed E-state index contributed by atoms with van der Waals surface area (Å²) in [4.78, 5) is 16.9. The van der Waals surface area contributed by atoms with Gasteiger partial charge in [0.15, 0.2) is 0 Å². The number of aromatic nitrogens is 2. The predicted molar refractivity (Wildman–Crippen MR) is 83.4 cm³/mol. The zero-order valence-electron chi connectivity index (χ0n) is 12.5. The molecule has 0 amide bonds. The molecule has 1 saturated carbocycles. The quantitative estimate of drug-likeness (QED) is 0.947. The zero-order chi connectivity index (χ0) is 15.1. The molecule has 0 bridgehead atoms. The third-order valence-corrected chi connectivity index (χ3v) is 5.14. The fourth-order valence-electron chi connectivity index (χ4n) is 3.90. The van der Waals surface area contributed by atoms with E-state index in [1.54, 1.807) is 0 Å². The molecule has 1 fully saturated rings. The van der Waals surface area contributed by atoms with Crippen LogP contribution in [-0.2, 0) is 4.79 Å². The molecule has 4 rings (SSSR count). The molecule has 1 N–H and O–H groups in total. The van der Waals surface area contributed by atoms with Crippen molar-refractivity contribution in [3.05, 3.63) is 42.4 Å². The molecule has 1 atom stereocenters. The van der Waals surface area contributed by atoms with Crippen LogP contribution in [0.15, 0.2) is 36.8 Å². The van der Waals surface area contributed by atoms with Crippen LogP contribution in [0.4, 0.5) is 0 Å². The molecule has 1 aliphatic heterocycles. The molecule has 1 aromatic heterocycles. The first-order valence-corrected chi connectivity index (χ1v) is 8.06. The molecule has 2 aromatic rings. The van der Waals surface area contributed by atoms with Crippen molar-refractivity contribution in [1.29, 1.82) is 0 Å². The third-order valence-electron chi connectivity index (χ3n) is 5.14. The number of Topliss-reactive ketones (excluding diaryl/α,β-unsaturated/α-hetero) is 1. The summed E-state index contributed by atoms with van der Waals surface area (Å²) in [6.07, 6.45) is 7.19. The summed E-state index contributed by atoms with van der Waals surface area (Å²) < 4.78 is 2.13. The maximum atomic E-state index is 12.7. The Kier molecular flexibility index (Phi) is 3.34. The smallest absolute Gasteiger partial charge is 0.138 e. The number of aliphatic hydroxyl groups excluding tert-OH is 1. The van der Waals surface area contributed by atoms with E-state index in [1.165, 1.54) is 11.1 Å². The van der Waals surface area contributed by atoms with Crippen molar-refractivity contribution >= 4 is 5.78 Å². The predicted octanol–water partition coefficient (Wildman–Crippen LogP) is 2.96. The summed E-state index contributed by atoms with van der Waals surface area (Å²) in [6.45, 7) is 0. The number of fused-ring (bicyclic) bond motifs is 3. The number of benzene rings is 1. The number of nitrogens with zero attached hydrogens (tertiary/aromatic N) is 2. The number of carbonyl (C=O) groups excluding carboxylic acids is 1. The van der Waals surface area contributed by atoms with Crippen LogP contribution in [0.1, 0.15) is 43.7 Å². The van der Waals surface area contributed by atoms with Gasteiger partial charge >= 0.3 is 0 Å². The lowest BCUT2D eigenvalue weighted by Crippen LogP contribution is -2.26. The van der Waals surface area contributed by atoms with Gasteiger partial charge in [0.2, 0.25) is 0 Å². The Bertz CT molecular complexity index is 699. The molecule has 4 nitrogen and oxygen atoms in total. The SMILES string of the molecule is O=C(C[C@H]1c2ccccc2-c2cncn21)C1CCC(O)CC1. The van der Waals surface area contributed by atoms with Crippen LogP contribution in [0, 0.1) is 5.92 Å². The van der Waals surface area contributed by atoms with Crippen LogP contribution < -0.4 is 0 Å². The molecule has 22 heavy (non-hydrogen) atoms. The second-order valence-electron chi connectivity index (χ2n) is 6.47. The Labute approximate surface area is 129 Å². The molecule has 0 radical (unpaired) electrons. The largest absolute Gasteiger partial charge is 0.393 e. The molecule has 114 valence electrons. The lowest BCUT2D eigenvalue weighted by molar-refractivity contribution is -0.124. The maximum absolute atomic E-state index is 12.7. The summed E-state index contributed by atoms with van der Waals surface area (Å²) in [5.41, 5.74) is 3.52. The van der Waals surface area contributed by atoms with Gasteiger partial charge in [-0.1, -0.05) is 24.3 Å². The van der Waals surface area contributed by atoms with Crippen molar-refractivity contribution in [3.63, 3.8) is 0 Å². The zero-order valence-corrected chi connectivity index (χ0v) is 12.5. The first kappa shape index (κ1) is 13.7. The molecule has 2 heterocycles. The van der Waals surface area contributed by atoms with E-state index in [-0.39, 0.29) is 18.1 Å². The van der Waals surface area contributed by atoms with Crippen LogP contribution in [0.5, 0.6) is 0 Å². The standard InChI is InChI=1S/C18H20N2O2/c21-13-7-5-12(6-8-13)18(22)9-16-14-3-1-2-4-15(14)17-10-19-11-20(16)17/h1-4,10-13,16,21H,5-9H2/t12?,13?,16-/m0/s1. The molecule has 4 heteroatoms. The monoisotopic (exact) mass is 296 g/mol. The van der Waals surface area contributed by atoms with Gasteiger partial charge in [0.1, 0.15) is 5.78 Å². The van der Waals surface area contributed by atoms with Crippen LogP contribution in [-0.4, -0.2) is 26.5 Å². The van der Waals surface area contributed by atoms with E-state index in [1.807, 2.05) is 24.7 Å². The number of aliphatic hydroxyl groups is 1. The van der Waals surface area contributed by atoms with E-state index >= 15 is 0 Å². The molecule has 0 spiro atoms. The average molecular weight is 296 g/mol. The van der Waals surface area contributed by atoms with Crippen molar-refractivity contribution < 1.29 is 9.90 Å². The first-order valence-electron chi connectivity index (χ1n) is 8.06. The molecular weight excluding hydrogens is 276 g/mol. The Morgan fingerprint density at radius 3 is 2.82 bits per heavy atom. The normalized spacial score (nSPS) is 26.5. The minimum Gasteiger partial charge on any atom is -0.393 e. The number of ketones is 1. The fraction of sp³-hybridized carbons (Fsp3) is 0.444. The number of hydrogen-bond donors (Lipinski definition) is 1. The highest BCUT2D eigenvalue weighted by Crippen LogP contribution is 2.41. The van der Waals surface area contributed by atoms with Crippen LogP contribution in [0.25, 0.3) is 11.3 Å². The summed E-state index contributed by atoms with van der Waals surface area (Å²) in [5, 5.41) is 9.60. The van der Waals surface area contributed by atoms with Gasteiger partial charge in [0, 0.05) is 17.9 Å². The molecule has 1 aromatic carbocycles. The van der Waals surface area contributed by atoms with E-state index < -0.39 is 0 Å². The maximum Gasteiger partial charge on any atom is 0.138 e. The Hall–Kier alpha value is -1.94. The van der Waals surface area contributed by atoms with Crippen LogP contribution >= 0.6 is 0 Å². The van der Waals surface area contributed by atoms with Gasteiger partial charge in [-0.25, -0.2) is 4.98 Å². The van der Waals surface area contributed by atoms with Crippen molar-refractivity contribution in [2.75, 3.05) is 0 Å².